The van der Waals surface area contributed by atoms with Crippen molar-refractivity contribution in [3.63, 3.8) is 0 Å². The first kappa shape index (κ1) is 18.3. The number of hydrogen-bond donors (Lipinski definition) is 1. The highest BCUT2D eigenvalue weighted by atomic mass is 19.1. The van der Waals surface area contributed by atoms with E-state index in [-0.39, 0.29) is 11.6 Å². The summed E-state index contributed by atoms with van der Waals surface area (Å²) in [4.78, 5) is 24.4. The molecule has 0 heterocycles. The Hall–Kier alpha value is -3.47. The number of carbonyl (C=O) groups excluding carboxylic acids is 2. The summed E-state index contributed by atoms with van der Waals surface area (Å²) in [5, 5.41) is 2.73. The maximum absolute atomic E-state index is 13.1. The molecule has 3 rings (SSSR count). The Bertz CT molecular complexity index is 939. The van der Waals surface area contributed by atoms with E-state index in [2.05, 4.69) is 5.32 Å². The van der Waals surface area contributed by atoms with Gasteiger partial charge in [0.1, 0.15) is 11.6 Å². The zero-order valence-electron chi connectivity index (χ0n) is 14.7. The van der Waals surface area contributed by atoms with Crippen LogP contribution in [0.1, 0.15) is 28.9 Å². The predicted octanol–water partition coefficient (Wildman–Crippen LogP) is 4.79. The third-order valence-corrected chi connectivity index (χ3v) is 3.95. The van der Waals surface area contributed by atoms with Gasteiger partial charge in [-0.3, -0.25) is 9.59 Å². The van der Waals surface area contributed by atoms with Gasteiger partial charge in [0.25, 0.3) is 5.91 Å². The van der Waals surface area contributed by atoms with Gasteiger partial charge in [0.15, 0.2) is 5.78 Å². The Kier molecular flexibility index (Phi) is 5.61. The monoisotopic (exact) mass is 363 g/mol. The molecule has 0 saturated heterocycles. The number of benzene rings is 3. The molecule has 1 amide bonds. The molecule has 1 N–H and O–H groups in total. The molecule has 0 aliphatic rings. The van der Waals surface area contributed by atoms with Crippen LogP contribution in [-0.4, -0.2) is 11.7 Å². The fraction of sp³-hybridized carbons (Fsp3) is 0.0909. The van der Waals surface area contributed by atoms with Gasteiger partial charge in [0.2, 0.25) is 6.10 Å². The molecule has 27 heavy (non-hydrogen) atoms. The minimum Gasteiger partial charge on any atom is -0.476 e. The quantitative estimate of drug-likeness (QED) is 0.641. The summed E-state index contributed by atoms with van der Waals surface area (Å²) in [6.45, 7) is 1.47. The average molecular weight is 363 g/mol. The molecular weight excluding hydrogens is 345 g/mol. The van der Waals surface area contributed by atoms with Crippen molar-refractivity contribution in [1.29, 1.82) is 0 Å². The first-order chi connectivity index (χ1) is 13.0. The highest BCUT2D eigenvalue weighted by molar-refractivity contribution is 5.95. The minimum atomic E-state index is -0.932. The topological polar surface area (TPSA) is 55.4 Å². The molecular formula is C22H18FNO3. The van der Waals surface area contributed by atoms with E-state index in [0.29, 0.717) is 22.6 Å². The van der Waals surface area contributed by atoms with Crippen molar-refractivity contribution in [3.8, 4) is 5.75 Å². The van der Waals surface area contributed by atoms with Gasteiger partial charge in [-0.1, -0.05) is 42.5 Å². The molecule has 4 nitrogen and oxygen atoms in total. The maximum Gasteiger partial charge on any atom is 0.270 e. The van der Waals surface area contributed by atoms with E-state index in [9.17, 15) is 14.0 Å². The second kappa shape index (κ2) is 8.27. The van der Waals surface area contributed by atoms with Gasteiger partial charge in [-0.15, -0.1) is 0 Å². The lowest BCUT2D eigenvalue weighted by Crippen LogP contribution is -2.25. The number of ketones is 1. The third-order valence-electron chi connectivity index (χ3n) is 3.95. The zero-order chi connectivity index (χ0) is 19.2. The first-order valence-electron chi connectivity index (χ1n) is 8.42. The number of amides is 1. The van der Waals surface area contributed by atoms with Crippen molar-refractivity contribution < 1.29 is 18.7 Å². The van der Waals surface area contributed by atoms with Crippen molar-refractivity contribution in [2.75, 3.05) is 5.32 Å². The van der Waals surface area contributed by atoms with Gasteiger partial charge in [-0.2, -0.15) is 0 Å². The first-order valence-corrected chi connectivity index (χ1v) is 8.42. The summed E-state index contributed by atoms with van der Waals surface area (Å²) in [6.07, 6.45) is -0.932. The van der Waals surface area contributed by atoms with Crippen LogP contribution >= 0.6 is 0 Å². The second-order valence-electron chi connectivity index (χ2n) is 5.99. The van der Waals surface area contributed by atoms with Gasteiger partial charge in [0.05, 0.1) is 0 Å². The van der Waals surface area contributed by atoms with Crippen molar-refractivity contribution in [3.05, 3.63) is 95.8 Å². The fourth-order valence-corrected chi connectivity index (χ4v) is 2.57. The van der Waals surface area contributed by atoms with E-state index in [0.717, 1.165) is 0 Å². The molecule has 0 saturated carbocycles. The lowest BCUT2D eigenvalue weighted by Gasteiger charge is -2.19. The van der Waals surface area contributed by atoms with Crippen molar-refractivity contribution >= 4 is 17.4 Å². The summed E-state index contributed by atoms with van der Waals surface area (Å²) < 4.78 is 19.0. The largest absolute Gasteiger partial charge is 0.476 e. The molecule has 5 heteroatoms. The Labute approximate surface area is 156 Å². The van der Waals surface area contributed by atoms with Gasteiger partial charge in [-0.25, -0.2) is 4.39 Å². The van der Waals surface area contributed by atoms with Gasteiger partial charge >= 0.3 is 0 Å². The number of hydrogen-bond acceptors (Lipinski definition) is 3. The van der Waals surface area contributed by atoms with E-state index in [4.69, 9.17) is 4.74 Å². The number of carbonyl (C=O) groups is 2. The molecule has 0 fully saturated rings. The third kappa shape index (κ3) is 4.79. The number of halogens is 1. The lowest BCUT2D eigenvalue weighted by molar-refractivity contribution is -0.123. The molecule has 3 aromatic carbocycles. The van der Waals surface area contributed by atoms with Crippen molar-refractivity contribution in [1.82, 2.24) is 0 Å². The second-order valence-corrected chi connectivity index (χ2v) is 5.99. The standard InChI is InChI=1S/C22H18FNO3/c1-15(25)17-8-5-9-20(14-17)27-21(16-6-3-2-4-7-16)22(26)24-19-12-10-18(23)11-13-19/h2-14,21H,1H3,(H,24,26)/t21-/m0/s1. The van der Waals surface area contributed by atoms with Crippen LogP contribution in [0.2, 0.25) is 0 Å². The Morgan fingerprint density at radius 2 is 1.63 bits per heavy atom. The van der Waals surface area contributed by atoms with Gasteiger partial charge in [0, 0.05) is 16.8 Å². The van der Waals surface area contributed by atoms with Crippen LogP contribution in [0.5, 0.6) is 5.75 Å². The van der Waals surface area contributed by atoms with Crippen LogP contribution < -0.4 is 10.1 Å². The SMILES string of the molecule is CC(=O)c1cccc(O[C@H](C(=O)Nc2ccc(F)cc2)c2ccccc2)c1. The van der Waals surface area contributed by atoms with E-state index < -0.39 is 12.0 Å². The smallest absolute Gasteiger partial charge is 0.270 e. The van der Waals surface area contributed by atoms with Crippen LogP contribution in [0.3, 0.4) is 0 Å². The van der Waals surface area contributed by atoms with Crippen LogP contribution in [0.4, 0.5) is 10.1 Å². The highest BCUT2D eigenvalue weighted by Crippen LogP contribution is 2.25. The fourth-order valence-electron chi connectivity index (χ4n) is 2.57. The molecule has 0 spiro atoms. The lowest BCUT2D eigenvalue weighted by atomic mass is 10.1. The van der Waals surface area contributed by atoms with Crippen LogP contribution in [0, 0.1) is 5.82 Å². The van der Waals surface area contributed by atoms with Gasteiger partial charge < -0.3 is 10.1 Å². The normalized spacial score (nSPS) is 11.5. The number of nitrogens with one attached hydrogen (secondary N) is 1. The van der Waals surface area contributed by atoms with Crippen LogP contribution in [0.15, 0.2) is 78.9 Å². The van der Waals surface area contributed by atoms with Crippen LogP contribution in [0.25, 0.3) is 0 Å². The summed E-state index contributed by atoms with van der Waals surface area (Å²) in [6, 6.07) is 21.2. The molecule has 1 atom stereocenters. The molecule has 0 unspecified atom stereocenters. The van der Waals surface area contributed by atoms with E-state index in [1.807, 2.05) is 18.2 Å². The van der Waals surface area contributed by atoms with Crippen molar-refractivity contribution in [2.24, 2.45) is 0 Å². The molecule has 3 aromatic rings. The number of Topliss-reactive ketones (excluding diaryl/α,β-unsaturated/α-hetero) is 1. The Morgan fingerprint density at radius 1 is 0.926 bits per heavy atom. The minimum absolute atomic E-state index is 0.0903. The molecule has 0 radical (unpaired) electrons. The summed E-state index contributed by atoms with van der Waals surface area (Å²) >= 11 is 0. The van der Waals surface area contributed by atoms with Gasteiger partial charge in [-0.05, 0) is 43.3 Å². The molecule has 0 aliphatic heterocycles. The molecule has 0 aliphatic carbocycles. The summed E-state index contributed by atoms with van der Waals surface area (Å²) in [7, 11) is 0. The number of anilines is 1. The molecule has 0 bridgehead atoms. The number of rotatable bonds is 6. The van der Waals surface area contributed by atoms with E-state index >= 15 is 0 Å². The Morgan fingerprint density at radius 3 is 2.30 bits per heavy atom. The summed E-state index contributed by atoms with van der Waals surface area (Å²) in [5.74, 6) is -0.468. The predicted molar refractivity (Wildman–Crippen MR) is 101 cm³/mol. The Balaban J connectivity index is 1.87. The zero-order valence-corrected chi connectivity index (χ0v) is 14.7. The molecule has 0 aromatic heterocycles. The average Bonchev–Trinajstić information content (AvgIpc) is 2.68. The van der Waals surface area contributed by atoms with E-state index in [1.165, 1.54) is 31.2 Å². The van der Waals surface area contributed by atoms with Crippen LogP contribution in [-0.2, 0) is 4.79 Å². The molecule has 136 valence electrons. The highest BCUT2D eigenvalue weighted by Gasteiger charge is 2.23. The maximum atomic E-state index is 13.1. The number of ether oxygens (including phenoxy) is 1. The summed E-state index contributed by atoms with van der Waals surface area (Å²) in [5.41, 5.74) is 1.62. The van der Waals surface area contributed by atoms with Crippen molar-refractivity contribution in [2.45, 2.75) is 13.0 Å². The van der Waals surface area contributed by atoms with E-state index in [1.54, 1.807) is 36.4 Å².